The van der Waals surface area contributed by atoms with Gasteiger partial charge in [0.1, 0.15) is 6.61 Å². The molecule has 0 aliphatic carbocycles. The van der Waals surface area contributed by atoms with Gasteiger partial charge in [-0.15, -0.1) is 0 Å². The zero-order valence-corrected chi connectivity index (χ0v) is 37.1. The van der Waals surface area contributed by atoms with E-state index in [1.165, 1.54) is 38.5 Å². The van der Waals surface area contributed by atoms with E-state index in [9.17, 15) is 29.3 Å². The van der Waals surface area contributed by atoms with Crippen molar-refractivity contribution in [1.82, 2.24) is 0 Å². The second-order valence-corrected chi connectivity index (χ2v) is 15.7. The number of carbonyl (C=O) groups excluding carboxylic acids is 2. The minimum Gasteiger partial charge on any atom is -0.462 e. The highest BCUT2D eigenvalue weighted by atomic mass is 31.2. The van der Waals surface area contributed by atoms with Gasteiger partial charge in [-0.3, -0.25) is 18.6 Å². The molecule has 0 bridgehead atoms. The Morgan fingerprint density at radius 2 is 1.15 bits per heavy atom. The fourth-order valence-corrected chi connectivity index (χ4v) is 6.10. The van der Waals surface area contributed by atoms with E-state index in [0.29, 0.717) is 32.1 Å². The summed E-state index contributed by atoms with van der Waals surface area (Å²) in [6, 6.07) is 0. The smallest absolute Gasteiger partial charge is 0.462 e. The van der Waals surface area contributed by atoms with Gasteiger partial charge >= 0.3 is 19.8 Å². The number of unbranched alkanes of at least 4 members (excludes halogenated alkanes) is 10. The van der Waals surface area contributed by atoms with E-state index in [0.717, 1.165) is 44.9 Å². The van der Waals surface area contributed by atoms with Gasteiger partial charge < -0.3 is 30.3 Å². The molecule has 0 saturated carbocycles. The van der Waals surface area contributed by atoms with E-state index in [1.807, 2.05) is 43.4 Å². The highest BCUT2D eigenvalue weighted by Crippen LogP contribution is 2.43. The monoisotopic (exact) mass is 848 g/mol. The fourth-order valence-electron chi connectivity index (χ4n) is 5.33. The van der Waals surface area contributed by atoms with E-state index in [1.54, 1.807) is 36.5 Å². The van der Waals surface area contributed by atoms with Crippen molar-refractivity contribution >= 4 is 19.8 Å². The van der Waals surface area contributed by atoms with Crippen LogP contribution in [-0.4, -0.2) is 71.7 Å². The van der Waals surface area contributed by atoms with E-state index in [2.05, 4.69) is 31.2 Å². The lowest BCUT2D eigenvalue weighted by atomic mass is 10.1. The summed E-state index contributed by atoms with van der Waals surface area (Å²) in [5, 5.41) is 19.9. The molecule has 336 valence electrons. The quantitative estimate of drug-likeness (QED) is 0.0152. The predicted molar refractivity (Wildman–Crippen MR) is 240 cm³/mol. The Hall–Kier alpha value is -3.15. The van der Waals surface area contributed by atoms with Gasteiger partial charge in [0.25, 0.3) is 0 Å². The van der Waals surface area contributed by atoms with Crippen LogP contribution in [0.4, 0.5) is 0 Å². The maximum atomic E-state index is 12.6. The summed E-state index contributed by atoms with van der Waals surface area (Å²) in [5.74, 6) is -1.01. The molecule has 1 unspecified atom stereocenters. The van der Waals surface area contributed by atoms with Gasteiger partial charge in [0.15, 0.2) is 6.10 Å². The van der Waals surface area contributed by atoms with Crippen LogP contribution in [0.1, 0.15) is 142 Å². The van der Waals surface area contributed by atoms with Gasteiger partial charge in [0.05, 0.1) is 25.4 Å². The van der Waals surface area contributed by atoms with Gasteiger partial charge in [0, 0.05) is 19.4 Å². The van der Waals surface area contributed by atoms with E-state index in [-0.39, 0.29) is 32.6 Å². The van der Waals surface area contributed by atoms with Crippen molar-refractivity contribution in [2.45, 2.75) is 161 Å². The van der Waals surface area contributed by atoms with Crippen LogP contribution < -0.4 is 5.73 Å². The number of hydrogen-bond donors (Lipinski definition) is 4. The van der Waals surface area contributed by atoms with Crippen LogP contribution >= 0.6 is 7.82 Å². The SMILES string of the molecule is CC/C=C\C[C@@H](O)/C=C/C=C\C=C\[C@@H](O)C/C=C\C/C=C\CCC(=O)OC[C@H](COP(=O)(O)OCCN)OC(=O)CCCCCCCCC/C=C\C/C=C\CCCCC. The molecule has 59 heavy (non-hydrogen) atoms. The summed E-state index contributed by atoms with van der Waals surface area (Å²) in [6.45, 7) is 3.28. The first kappa shape index (κ1) is 55.9. The molecule has 12 heteroatoms. The maximum Gasteiger partial charge on any atom is 0.472 e. The third kappa shape index (κ3) is 41.4. The van der Waals surface area contributed by atoms with Crippen molar-refractivity contribution in [2.24, 2.45) is 5.73 Å². The molecule has 0 aliphatic rings. The number of esters is 2. The number of phosphoric acid groups is 1. The Kier molecular flexibility index (Phi) is 39.4. The summed E-state index contributed by atoms with van der Waals surface area (Å²) in [7, 11) is -4.43. The lowest BCUT2D eigenvalue weighted by Crippen LogP contribution is -2.29. The van der Waals surface area contributed by atoms with Crippen LogP contribution in [-0.2, 0) is 32.7 Å². The fraction of sp³-hybridized carbons (Fsp3) is 0.617. The molecular weight excluding hydrogens is 769 g/mol. The second kappa shape index (κ2) is 41.6. The standard InChI is InChI=1S/C47H78NO10P/c1-3-5-7-8-9-10-11-12-13-14-15-16-17-18-19-24-32-38-47(52)58-45(42-57-59(53,54)56-40-39-48)41-55-46(51)37-31-23-21-20-22-28-34-44(50)36-30-26-25-29-35-43(49)33-27-6-4-2/h6,9-10,12-13,21-23,25-30,35-36,43-45,49-50H,3-5,7-8,11,14-20,24,31-34,37-42,48H2,1-2H3,(H,53,54)/b10-9-,13-12-,23-21-,26-25-,27-6-,28-22-,35-29+,36-30+/t43-,44+,45-/m1/s1. The van der Waals surface area contributed by atoms with Gasteiger partial charge in [-0.25, -0.2) is 4.57 Å². The third-order valence-electron chi connectivity index (χ3n) is 8.63. The molecule has 0 heterocycles. The number of phosphoric ester groups is 1. The Bertz CT molecular complexity index is 1320. The number of ether oxygens (including phenoxy) is 2. The van der Waals surface area contributed by atoms with E-state index in [4.69, 9.17) is 24.3 Å². The largest absolute Gasteiger partial charge is 0.472 e. The number of hydrogen-bond acceptors (Lipinski definition) is 10. The van der Waals surface area contributed by atoms with Crippen LogP contribution in [0, 0.1) is 0 Å². The molecule has 5 N–H and O–H groups in total. The zero-order chi connectivity index (χ0) is 43.5. The molecule has 0 aromatic rings. The molecule has 11 nitrogen and oxygen atoms in total. The topological polar surface area (TPSA) is 175 Å². The van der Waals surface area contributed by atoms with Gasteiger partial charge in [0.2, 0.25) is 0 Å². The highest BCUT2D eigenvalue weighted by Gasteiger charge is 2.26. The molecule has 0 saturated heterocycles. The van der Waals surface area contributed by atoms with E-state index >= 15 is 0 Å². The Balaban J connectivity index is 4.41. The van der Waals surface area contributed by atoms with Crippen LogP contribution in [0.5, 0.6) is 0 Å². The summed E-state index contributed by atoms with van der Waals surface area (Å²) >= 11 is 0. The first-order valence-electron chi connectivity index (χ1n) is 21.9. The number of nitrogens with two attached hydrogens (primary N) is 1. The summed E-state index contributed by atoms with van der Waals surface area (Å²) < 4.78 is 32.6. The van der Waals surface area contributed by atoms with Crippen molar-refractivity contribution in [1.29, 1.82) is 0 Å². The summed E-state index contributed by atoms with van der Waals surface area (Å²) in [4.78, 5) is 34.9. The zero-order valence-electron chi connectivity index (χ0n) is 36.2. The molecule has 0 aliphatic heterocycles. The Morgan fingerprint density at radius 3 is 1.75 bits per heavy atom. The van der Waals surface area contributed by atoms with Gasteiger partial charge in [-0.1, -0.05) is 156 Å². The van der Waals surface area contributed by atoms with Gasteiger partial charge in [-0.2, -0.15) is 0 Å². The average Bonchev–Trinajstić information content (AvgIpc) is 3.21. The lowest BCUT2D eigenvalue weighted by molar-refractivity contribution is -0.161. The second-order valence-electron chi connectivity index (χ2n) is 14.2. The number of aliphatic hydroxyl groups excluding tert-OH is 2. The predicted octanol–water partition coefficient (Wildman–Crippen LogP) is 10.5. The number of carbonyl (C=O) groups is 2. The number of rotatable bonds is 39. The molecule has 0 aromatic carbocycles. The molecular formula is C47H78NO10P. The molecule has 0 rings (SSSR count). The molecule has 0 fully saturated rings. The minimum atomic E-state index is -4.43. The molecule has 0 spiro atoms. The minimum absolute atomic E-state index is 0.0205. The number of aliphatic hydroxyl groups is 2. The lowest BCUT2D eigenvalue weighted by Gasteiger charge is -2.19. The third-order valence-corrected chi connectivity index (χ3v) is 9.62. The highest BCUT2D eigenvalue weighted by molar-refractivity contribution is 7.47. The Morgan fingerprint density at radius 1 is 0.610 bits per heavy atom. The van der Waals surface area contributed by atoms with Crippen molar-refractivity contribution in [3.05, 3.63) is 97.2 Å². The summed E-state index contributed by atoms with van der Waals surface area (Å²) in [5.41, 5.74) is 5.34. The van der Waals surface area contributed by atoms with Crippen molar-refractivity contribution in [2.75, 3.05) is 26.4 Å². The molecule has 4 atom stereocenters. The van der Waals surface area contributed by atoms with Crippen LogP contribution in [0.3, 0.4) is 0 Å². The summed E-state index contributed by atoms with van der Waals surface area (Å²) in [6.07, 6.45) is 46.5. The van der Waals surface area contributed by atoms with Crippen molar-refractivity contribution in [3.63, 3.8) is 0 Å². The van der Waals surface area contributed by atoms with Crippen molar-refractivity contribution in [3.8, 4) is 0 Å². The molecule has 0 amide bonds. The number of allylic oxidation sites excluding steroid dienone is 12. The van der Waals surface area contributed by atoms with Crippen molar-refractivity contribution < 1.29 is 47.8 Å². The first-order valence-corrected chi connectivity index (χ1v) is 23.4. The van der Waals surface area contributed by atoms with Crippen LogP contribution in [0.15, 0.2) is 97.2 Å². The first-order chi connectivity index (χ1) is 28.6. The van der Waals surface area contributed by atoms with E-state index < -0.39 is 44.7 Å². The van der Waals surface area contributed by atoms with Gasteiger partial charge in [-0.05, 0) is 70.6 Å². The van der Waals surface area contributed by atoms with Crippen LogP contribution in [0.2, 0.25) is 0 Å². The van der Waals surface area contributed by atoms with Crippen LogP contribution in [0.25, 0.3) is 0 Å². The maximum absolute atomic E-state index is 12.6. The normalized spacial score (nSPS) is 15.3. The average molecular weight is 848 g/mol. The Labute approximate surface area is 356 Å². The molecule has 0 radical (unpaired) electrons. The molecule has 0 aromatic heterocycles.